The number of hydrogen-bond acceptors (Lipinski definition) is 6. The van der Waals surface area contributed by atoms with Gasteiger partial charge in [-0.05, 0) is 32.9 Å². The van der Waals surface area contributed by atoms with Crippen LogP contribution in [-0.2, 0) is 0 Å². The van der Waals surface area contributed by atoms with E-state index in [-0.39, 0.29) is 23.6 Å². The van der Waals surface area contributed by atoms with Gasteiger partial charge < -0.3 is 10.1 Å². The van der Waals surface area contributed by atoms with Crippen LogP contribution < -0.4 is 10.1 Å². The van der Waals surface area contributed by atoms with E-state index in [1.807, 2.05) is 20.8 Å². The summed E-state index contributed by atoms with van der Waals surface area (Å²) in [5, 5.41) is 20.9. The van der Waals surface area contributed by atoms with E-state index < -0.39 is 4.92 Å². The quantitative estimate of drug-likeness (QED) is 0.626. The summed E-state index contributed by atoms with van der Waals surface area (Å²) in [4.78, 5) is 14.9. The van der Waals surface area contributed by atoms with E-state index in [1.54, 1.807) is 18.2 Å². The summed E-state index contributed by atoms with van der Waals surface area (Å²) in [6, 6.07) is 4.68. The highest BCUT2D eigenvalue weighted by Crippen LogP contribution is 2.36. The van der Waals surface area contributed by atoms with Crippen LogP contribution in [0.2, 0.25) is 0 Å². The molecule has 8 heteroatoms. The first-order valence-corrected chi connectivity index (χ1v) is 6.55. The van der Waals surface area contributed by atoms with E-state index in [0.29, 0.717) is 11.5 Å². The average molecular weight is 291 g/mol. The van der Waals surface area contributed by atoms with E-state index in [9.17, 15) is 10.1 Å². The van der Waals surface area contributed by atoms with Crippen molar-refractivity contribution in [3.63, 3.8) is 0 Å². The number of aromatic amines is 1. The molecule has 112 valence electrons. The van der Waals surface area contributed by atoms with Crippen LogP contribution in [0.4, 0.5) is 11.4 Å². The zero-order valence-corrected chi connectivity index (χ0v) is 12.0. The standard InChI is InChI=1S/C13H17N5O3/c1-8(2)21-11-6-4-5-10(12(11)18(19)20)16-9(3)13-14-7-15-17-13/h4-9,16H,1-3H3,(H,14,15,17). The Kier molecular flexibility index (Phi) is 4.36. The molecule has 1 heterocycles. The minimum atomic E-state index is -0.451. The van der Waals surface area contributed by atoms with Gasteiger partial charge in [0.1, 0.15) is 17.8 Å². The molecule has 8 nitrogen and oxygen atoms in total. The van der Waals surface area contributed by atoms with Gasteiger partial charge in [0.2, 0.25) is 0 Å². The number of anilines is 1. The predicted octanol–water partition coefficient (Wildman–Crippen LogP) is 2.67. The van der Waals surface area contributed by atoms with Crippen molar-refractivity contribution >= 4 is 11.4 Å². The van der Waals surface area contributed by atoms with E-state index in [2.05, 4.69) is 20.5 Å². The molecule has 0 amide bonds. The van der Waals surface area contributed by atoms with Gasteiger partial charge in [-0.1, -0.05) is 6.07 Å². The molecule has 2 aromatic rings. The predicted molar refractivity (Wildman–Crippen MR) is 77.3 cm³/mol. The highest BCUT2D eigenvalue weighted by atomic mass is 16.6. The first kappa shape index (κ1) is 14.8. The van der Waals surface area contributed by atoms with Crippen LogP contribution in [0.15, 0.2) is 24.5 Å². The summed E-state index contributed by atoms with van der Waals surface area (Å²) in [7, 11) is 0. The molecule has 0 radical (unpaired) electrons. The highest BCUT2D eigenvalue weighted by molar-refractivity contribution is 5.68. The molecular formula is C13H17N5O3. The number of H-pyrrole nitrogens is 1. The summed E-state index contributed by atoms with van der Waals surface area (Å²) in [5.41, 5.74) is 0.291. The second kappa shape index (κ2) is 6.21. The van der Waals surface area contributed by atoms with Crippen molar-refractivity contribution < 1.29 is 9.66 Å². The Morgan fingerprint density at radius 1 is 1.38 bits per heavy atom. The molecule has 0 saturated heterocycles. The Balaban J connectivity index is 2.32. The Bertz CT molecular complexity index is 612. The molecular weight excluding hydrogens is 274 g/mol. The summed E-state index contributed by atoms with van der Waals surface area (Å²) in [5.74, 6) is 0.837. The van der Waals surface area contributed by atoms with Crippen molar-refractivity contribution in [3.05, 3.63) is 40.5 Å². The number of ether oxygens (including phenoxy) is 1. The molecule has 0 spiro atoms. The smallest absolute Gasteiger partial charge is 0.333 e. The molecule has 0 aliphatic rings. The van der Waals surface area contributed by atoms with Crippen LogP contribution >= 0.6 is 0 Å². The van der Waals surface area contributed by atoms with Crippen molar-refractivity contribution in [2.75, 3.05) is 5.32 Å². The molecule has 2 rings (SSSR count). The second-order valence-electron chi connectivity index (χ2n) is 4.81. The zero-order valence-electron chi connectivity index (χ0n) is 12.0. The maximum atomic E-state index is 11.3. The number of nitro groups is 1. The van der Waals surface area contributed by atoms with Gasteiger partial charge in [0, 0.05) is 0 Å². The number of nitrogens with zero attached hydrogens (tertiary/aromatic N) is 3. The van der Waals surface area contributed by atoms with E-state index in [0.717, 1.165) is 0 Å². The van der Waals surface area contributed by atoms with Crippen molar-refractivity contribution in [3.8, 4) is 5.75 Å². The molecule has 0 aliphatic heterocycles. The number of nitro benzene ring substituents is 1. The number of hydrogen-bond donors (Lipinski definition) is 2. The lowest BCUT2D eigenvalue weighted by molar-refractivity contribution is -0.385. The third kappa shape index (κ3) is 3.47. The number of para-hydroxylation sites is 1. The molecule has 1 aromatic carbocycles. The Morgan fingerprint density at radius 3 is 2.71 bits per heavy atom. The number of rotatable bonds is 6. The topological polar surface area (TPSA) is 106 Å². The summed E-state index contributed by atoms with van der Waals surface area (Å²) >= 11 is 0. The molecule has 2 N–H and O–H groups in total. The number of aromatic nitrogens is 3. The van der Waals surface area contributed by atoms with E-state index in [1.165, 1.54) is 6.33 Å². The molecule has 0 aliphatic carbocycles. The fourth-order valence-electron chi connectivity index (χ4n) is 1.90. The Morgan fingerprint density at radius 2 is 2.14 bits per heavy atom. The van der Waals surface area contributed by atoms with Gasteiger partial charge >= 0.3 is 5.69 Å². The zero-order chi connectivity index (χ0) is 15.4. The van der Waals surface area contributed by atoms with Gasteiger partial charge in [-0.15, -0.1) is 0 Å². The van der Waals surface area contributed by atoms with Crippen LogP contribution in [-0.4, -0.2) is 26.2 Å². The van der Waals surface area contributed by atoms with Crippen molar-refractivity contribution in [2.24, 2.45) is 0 Å². The fraction of sp³-hybridized carbons (Fsp3) is 0.385. The number of benzene rings is 1. The minimum Gasteiger partial charge on any atom is -0.484 e. The molecule has 1 unspecified atom stereocenters. The second-order valence-corrected chi connectivity index (χ2v) is 4.81. The normalized spacial score (nSPS) is 12.2. The van der Waals surface area contributed by atoms with Gasteiger partial charge in [-0.2, -0.15) is 5.10 Å². The third-order valence-electron chi connectivity index (χ3n) is 2.76. The first-order valence-electron chi connectivity index (χ1n) is 6.55. The largest absolute Gasteiger partial charge is 0.484 e. The molecule has 0 bridgehead atoms. The van der Waals surface area contributed by atoms with E-state index >= 15 is 0 Å². The van der Waals surface area contributed by atoms with Crippen LogP contribution in [0.5, 0.6) is 5.75 Å². The van der Waals surface area contributed by atoms with Crippen LogP contribution in [0.3, 0.4) is 0 Å². The Labute approximate surface area is 121 Å². The van der Waals surface area contributed by atoms with Crippen LogP contribution in [0, 0.1) is 10.1 Å². The average Bonchev–Trinajstić information content (AvgIpc) is 2.91. The molecule has 0 saturated carbocycles. The number of nitrogens with one attached hydrogen (secondary N) is 2. The summed E-state index contributed by atoms with van der Waals surface area (Å²) in [6.07, 6.45) is 1.24. The molecule has 21 heavy (non-hydrogen) atoms. The highest BCUT2D eigenvalue weighted by Gasteiger charge is 2.23. The Hall–Kier alpha value is -2.64. The van der Waals surface area contributed by atoms with Crippen molar-refractivity contribution in [1.29, 1.82) is 0 Å². The van der Waals surface area contributed by atoms with Gasteiger partial charge in [-0.3, -0.25) is 15.2 Å². The lowest BCUT2D eigenvalue weighted by atomic mass is 10.2. The van der Waals surface area contributed by atoms with E-state index in [4.69, 9.17) is 4.74 Å². The molecule has 1 atom stereocenters. The SMILES string of the molecule is CC(C)Oc1cccc(NC(C)c2ncn[nH]2)c1[N+](=O)[O-]. The lowest BCUT2D eigenvalue weighted by Gasteiger charge is -2.15. The van der Waals surface area contributed by atoms with Gasteiger partial charge in [-0.25, -0.2) is 4.98 Å². The van der Waals surface area contributed by atoms with Crippen LogP contribution in [0.25, 0.3) is 0 Å². The maximum Gasteiger partial charge on any atom is 0.333 e. The summed E-state index contributed by atoms with van der Waals surface area (Å²) in [6.45, 7) is 5.47. The van der Waals surface area contributed by atoms with Gasteiger partial charge in [0.25, 0.3) is 0 Å². The molecule has 0 fully saturated rings. The van der Waals surface area contributed by atoms with Crippen molar-refractivity contribution in [1.82, 2.24) is 15.2 Å². The van der Waals surface area contributed by atoms with Crippen molar-refractivity contribution in [2.45, 2.75) is 32.9 Å². The van der Waals surface area contributed by atoms with Crippen LogP contribution in [0.1, 0.15) is 32.6 Å². The molecule has 1 aromatic heterocycles. The summed E-state index contributed by atoms with van der Waals surface area (Å²) < 4.78 is 5.50. The van der Waals surface area contributed by atoms with Gasteiger partial charge in [0.05, 0.1) is 17.1 Å². The maximum absolute atomic E-state index is 11.3. The minimum absolute atomic E-state index is 0.0856. The monoisotopic (exact) mass is 291 g/mol. The lowest BCUT2D eigenvalue weighted by Crippen LogP contribution is -2.12. The fourth-order valence-corrected chi connectivity index (χ4v) is 1.90. The third-order valence-corrected chi connectivity index (χ3v) is 2.76. The van der Waals surface area contributed by atoms with Gasteiger partial charge in [0.15, 0.2) is 5.75 Å². The first-order chi connectivity index (χ1) is 9.99.